The molecule has 1 aliphatic rings. The van der Waals surface area contributed by atoms with Gasteiger partial charge in [0.15, 0.2) is 0 Å². The Kier molecular flexibility index (Phi) is 5.32. The van der Waals surface area contributed by atoms with Crippen LogP contribution < -0.4 is 5.73 Å². The molecule has 1 fully saturated rings. The zero-order valence-corrected chi connectivity index (χ0v) is 15.8. The number of nitrogens with zero attached hydrogens (tertiary/aromatic N) is 3. The molecule has 1 amide bonds. The number of piperidine rings is 1. The summed E-state index contributed by atoms with van der Waals surface area (Å²) in [4.78, 5) is 14.5. The topological polar surface area (TPSA) is 73.4 Å². The standard InChI is InChI=1S/C20H28N4O2/c1-20(2,3)26-19(25)23-11-5-4-6-18(23)16-13-22-24(14-16)17-9-7-15(12-21)8-10-17/h7-10,13-14,18H,4-6,11-12,21H2,1-3H3. The average molecular weight is 356 g/mol. The highest BCUT2D eigenvalue weighted by molar-refractivity contribution is 5.69. The first kappa shape index (κ1) is 18.5. The van der Waals surface area contributed by atoms with E-state index >= 15 is 0 Å². The maximum Gasteiger partial charge on any atom is 0.410 e. The Bertz CT molecular complexity index is 746. The van der Waals surface area contributed by atoms with Crippen LogP contribution in [0.3, 0.4) is 0 Å². The summed E-state index contributed by atoms with van der Waals surface area (Å²) < 4.78 is 7.44. The highest BCUT2D eigenvalue weighted by Gasteiger charge is 2.32. The van der Waals surface area contributed by atoms with Gasteiger partial charge in [0.2, 0.25) is 0 Å². The summed E-state index contributed by atoms with van der Waals surface area (Å²) in [6.07, 6.45) is 6.64. The van der Waals surface area contributed by atoms with Crippen molar-refractivity contribution in [3.05, 3.63) is 47.8 Å². The third kappa shape index (κ3) is 4.25. The van der Waals surface area contributed by atoms with Crippen LogP contribution in [0.25, 0.3) is 5.69 Å². The number of amides is 1. The molecule has 1 aromatic heterocycles. The zero-order valence-electron chi connectivity index (χ0n) is 15.8. The molecule has 0 aliphatic carbocycles. The smallest absolute Gasteiger partial charge is 0.410 e. The Hall–Kier alpha value is -2.34. The minimum atomic E-state index is -0.492. The van der Waals surface area contributed by atoms with Crippen LogP contribution in [-0.2, 0) is 11.3 Å². The van der Waals surface area contributed by atoms with Gasteiger partial charge in [-0.25, -0.2) is 9.48 Å². The molecule has 0 spiro atoms. The number of ether oxygens (including phenoxy) is 1. The van der Waals surface area contributed by atoms with Crippen molar-refractivity contribution in [1.29, 1.82) is 0 Å². The predicted octanol–water partition coefficient (Wildman–Crippen LogP) is 3.79. The Morgan fingerprint density at radius 2 is 2.00 bits per heavy atom. The summed E-state index contributed by atoms with van der Waals surface area (Å²) in [7, 11) is 0. The molecule has 26 heavy (non-hydrogen) atoms. The summed E-state index contributed by atoms with van der Waals surface area (Å²) in [6.45, 7) is 6.93. The second kappa shape index (κ2) is 7.50. The molecular formula is C20H28N4O2. The van der Waals surface area contributed by atoms with E-state index in [0.717, 1.165) is 42.6 Å². The fraction of sp³-hybridized carbons (Fsp3) is 0.500. The number of benzene rings is 1. The summed E-state index contributed by atoms with van der Waals surface area (Å²) in [5.41, 5.74) is 8.27. The molecule has 3 rings (SSSR count). The van der Waals surface area contributed by atoms with Crippen LogP contribution in [0.5, 0.6) is 0 Å². The van der Waals surface area contributed by atoms with Crippen molar-refractivity contribution < 1.29 is 9.53 Å². The van der Waals surface area contributed by atoms with Crippen molar-refractivity contribution in [3.8, 4) is 5.69 Å². The van der Waals surface area contributed by atoms with Gasteiger partial charge < -0.3 is 15.4 Å². The van der Waals surface area contributed by atoms with E-state index in [1.54, 1.807) is 0 Å². The van der Waals surface area contributed by atoms with E-state index in [1.165, 1.54) is 0 Å². The van der Waals surface area contributed by atoms with Gasteiger partial charge in [-0.15, -0.1) is 0 Å². The van der Waals surface area contributed by atoms with Crippen LogP contribution in [0.2, 0.25) is 0 Å². The van der Waals surface area contributed by atoms with Crippen LogP contribution in [0.15, 0.2) is 36.7 Å². The Morgan fingerprint density at radius 1 is 1.27 bits per heavy atom. The van der Waals surface area contributed by atoms with Crippen LogP contribution in [0, 0.1) is 0 Å². The molecule has 2 aromatic rings. The number of likely N-dealkylation sites (tertiary alicyclic amines) is 1. The van der Waals surface area contributed by atoms with Crippen molar-refractivity contribution in [2.45, 2.75) is 58.2 Å². The third-order valence-electron chi connectivity index (χ3n) is 4.55. The van der Waals surface area contributed by atoms with Gasteiger partial charge in [-0.3, -0.25) is 0 Å². The molecule has 1 atom stereocenters. The van der Waals surface area contributed by atoms with Gasteiger partial charge in [0.25, 0.3) is 0 Å². The van der Waals surface area contributed by atoms with Crippen LogP contribution in [0.4, 0.5) is 4.79 Å². The number of carbonyl (C=O) groups excluding carboxylic acids is 1. The SMILES string of the molecule is CC(C)(C)OC(=O)N1CCCCC1c1cnn(-c2ccc(CN)cc2)c1. The van der Waals surface area contributed by atoms with Crippen molar-refractivity contribution in [3.63, 3.8) is 0 Å². The van der Waals surface area contributed by atoms with E-state index in [4.69, 9.17) is 10.5 Å². The van der Waals surface area contributed by atoms with Crippen molar-refractivity contribution in [1.82, 2.24) is 14.7 Å². The fourth-order valence-electron chi connectivity index (χ4n) is 3.25. The van der Waals surface area contributed by atoms with E-state index < -0.39 is 5.60 Å². The molecule has 140 valence electrons. The van der Waals surface area contributed by atoms with Crippen LogP contribution in [-0.4, -0.2) is 32.9 Å². The normalized spacial score (nSPS) is 18.0. The second-order valence-electron chi connectivity index (χ2n) is 7.77. The lowest BCUT2D eigenvalue weighted by Crippen LogP contribution is -2.41. The van der Waals surface area contributed by atoms with Gasteiger partial charge in [0, 0.05) is 24.8 Å². The number of rotatable bonds is 3. The summed E-state index contributed by atoms with van der Waals surface area (Å²) in [5.74, 6) is 0. The monoisotopic (exact) mass is 356 g/mol. The maximum absolute atomic E-state index is 12.6. The van der Waals surface area contributed by atoms with Crippen molar-refractivity contribution in [2.24, 2.45) is 5.73 Å². The number of hydrogen-bond donors (Lipinski definition) is 1. The lowest BCUT2D eigenvalue weighted by molar-refractivity contribution is 0.00951. The predicted molar refractivity (Wildman–Crippen MR) is 101 cm³/mol. The average Bonchev–Trinajstić information content (AvgIpc) is 3.10. The van der Waals surface area contributed by atoms with E-state index in [9.17, 15) is 4.79 Å². The lowest BCUT2D eigenvalue weighted by atomic mass is 9.98. The molecule has 1 aliphatic heterocycles. The van der Waals surface area contributed by atoms with Gasteiger partial charge in [-0.05, 0) is 57.7 Å². The molecular weight excluding hydrogens is 328 g/mol. The molecule has 2 heterocycles. The van der Waals surface area contributed by atoms with Crippen molar-refractivity contribution in [2.75, 3.05) is 6.54 Å². The van der Waals surface area contributed by atoms with E-state index in [1.807, 2.05) is 67.0 Å². The van der Waals surface area contributed by atoms with E-state index in [-0.39, 0.29) is 12.1 Å². The van der Waals surface area contributed by atoms with Gasteiger partial charge in [0.05, 0.1) is 17.9 Å². The summed E-state index contributed by atoms with van der Waals surface area (Å²) in [5, 5.41) is 4.49. The molecule has 6 nitrogen and oxygen atoms in total. The molecule has 0 radical (unpaired) electrons. The molecule has 1 unspecified atom stereocenters. The number of aromatic nitrogens is 2. The lowest BCUT2D eigenvalue weighted by Gasteiger charge is -2.36. The van der Waals surface area contributed by atoms with Gasteiger partial charge in [-0.2, -0.15) is 5.10 Å². The highest BCUT2D eigenvalue weighted by atomic mass is 16.6. The molecule has 1 aromatic carbocycles. The fourth-order valence-corrected chi connectivity index (χ4v) is 3.25. The number of nitrogens with two attached hydrogens (primary N) is 1. The largest absolute Gasteiger partial charge is 0.444 e. The van der Waals surface area contributed by atoms with E-state index in [0.29, 0.717) is 6.54 Å². The van der Waals surface area contributed by atoms with Gasteiger partial charge >= 0.3 is 6.09 Å². The molecule has 0 saturated carbocycles. The van der Waals surface area contributed by atoms with E-state index in [2.05, 4.69) is 5.10 Å². The molecule has 2 N–H and O–H groups in total. The number of hydrogen-bond acceptors (Lipinski definition) is 4. The Morgan fingerprint density at radius 3 is 2.65 bits per heavy atom. The Balaban J connectivity index is 1.80. The zero-order chi connectivity index (χ0) is 18.7. The third-order valence-corrected chi connectivity index (χ3v) is 4.55. The molecule has 6 heteroatoms. The first-order chi connectivity index (χ1) is 12.4. The van der Waals surface area contributed by atoms with Crippen LogP contribution >= 0.6 is 0 Å². The maximum atomic E-state index is 12.6. The van der Waals surface area contributed by atoms with Gasteiger partial charge in [-0.1, -0.05) is 12.1 Å². The van der Waals surface area contributed by atoms with Crippen molar-refractivity contribution >= 4 is 6.09 Å². The molecule has 1 saturated heterocycles. The van der Waals surface area contributed by atoms with Crippen LogP contribution in [0.1, 0.15) is 57.2 Å². The second-order valence-corrected chi connectivity index (χ2v) is 7.77. The number of carbonyl (C=O) groups is 1. The quantitative estimate of drug-likeness (QED) is 0.908. The highest BCUT2D eigenvalue weighted by Crippen LogP contribution is 2.32. The summed E-state index contributed by atoms with van der Waals surface area (Å²) >= 11 is 0. The Labute approximate surface area is 154 Å². The molecule has 0 bridgehead atoms. The minimum absolute atomic E-state index is 0.00988. The first-order valence-corrected chi connectivity index (χ1v) is 9.21. The minimum Gasteiger partial charge on any atom is -0.444 e. The first-order valence-electron chi connectivity index (χ1n) is 9.21. The summed E-state index contributed by atoms with van der Waals surface area (Å²) in [6, 6.07) is 8.03. The van der Waals surface area contributed by atoms with Gasteiger partial charge in [0.1, 0.15) is 5.60 Å².